The maximum Gasteiger partial charge on any atom is 0.190 e. The van der Waals surface area contributed by atoms with E-state index in [1.807, 2.05) is 25.5 Å². The van der Waals surface area contributed by atoms with Crippen molar-refractivity contribution < 1.29 is 4.74 Å². The van der Waals surface area contributed by atoms with E-state index in [-0.39, 0.29) is 24.0 Å². The third-order valence-corrected chi connectivity index (χ3v) is 5.38. The molecule has 166 valence electrons. The van der Waals surface area contributed by atoms with Crippen LogP contribution in [0.1, 0.15) is 49.9 Å². The molecule has 1 aliphatic rings. The summed E-state index contributed by atoms with van der Waals surface area (Å²) in [6.07, 6.45) is 12.7. The lowest BCUT2D eigenvalue weighted by Gasteiger charge is -2.22. The number of aliphatic imine (C=N–C) groups is 1. The topological polar surface area (TPSA) is 63.5 Å². The summed E-state index contributed by atoms with van der Waals surface area (Å²) >= 11 is 0. The molecule has 3 rings (SSSR count). The molecule has 1 aliphatic carbocycles. The van der Waals surface area contributed by atoms with Crippen molar-refractivity contribution in [2.24, 2.45) is 4.99 Å². The standard InChI is InChI=1S/C23H35N5O.HI/c1-24-23(26-14-8-18-29-21-11-6-3-7-12-21)27-15-13-22-25-16-17-28(22)19-20-9-4-2-5-10-20;/h2,4-5,9-10,16-17,21H,3,6-8,11-15,18-19H2,1H3,(H2,24,26,27);1H. The molecule has 0 bridgehead atoms. The van der Waals surface area contributed by atoms with Gasteiger partial charge < -0.3 is 19.9 Å². The minimum Gasteiger partial charge on any atom is -0.378 e. The lowest BCUT2D eigenvalue weighted by Crippen LogP contribution is -2.39. The van der Waals surface area contributed by atoms with Gasteiger partial charge in [-0.25, -0.2) is 4.98 Å². The molecule has 1 fully saturated rings. The molecule has 7 heteroatoms. The molecule has 1 saturated carbocycles. The molecule has 0 saturated heterocycles. The minimum absolute atomic E-state index is 0. The first kappa shape index (κ1) is 24.7. The first-order valence-electron chi connectivity index (χ1n) is 10.9. The zero-order valence-corrected chi connectivity index (χ0v) is 20.4. The second-order valence-corrected chi connectivity index (χ2v) is 7.62. The number of hydrogen-bond acceptors (Lipinski definition) is 3. The number of aromatic nitrogens is 2. The van der Waals surface area contributed by atoms with Crippen molar-refractivity contribution in [3.63, 3.8) is 0 Å². The number of nitrogens with one attached hydrogen (secondary N) is 2. The highest BCUT2D eigenvalue weighted by Gasteiger charge is 2.13. The quantitative estimate of drug-likeness (QED) is 0.213. The van der Waals surface area contributed by atoms with Crippen molar-refractivity contribution in [1.29, 1.82) is 0 Å². The fraction of sp³-hybridized carbons (Fsp3) is 0.565. The molecule has 0 atom stereocenters. The molecule has 0 amide bonds. The number of imidazole rings is 1. The van der Waals surface area contributed by atoms with Gasteiger partial charge in [-0.2, -0.15) is 0 Å². The molecule has 0 radical (unpaired) electrons. The number of hydrogen-bond donors (Lipinski definition) is 2. The van der Waals surface area contributed by atoms with Crippen LogP contribution in [0.3, 0.4) is 0 Å². The largest absolute Gasteiger partial charge is 0.378 e. The Labute approximate surface area is 197 Å². The van der Waals surface area contributed by atoms with Gasteiger partial charge in [-0.1, -0.05) is 49.6 Å². The van der Waals surface area contributed by atoms with Crippen LogP contribution in [-0.4, -0.2) is 48.4 Å². The van der Waals surface area contributed by atoms with Gasteiger partial charge in [0.25, 0.3) is 0 Å². The Bertz CT molecular complexity index is 728. The summed E-state index contributed by atoms with van der Waals surface area (Å²) in [6, 6.07) is 10.5. The highest BCUT2D eigenvalue weighted by Crippen LogP contribution is 2.20. The summed E-state index contributed by atoms with van der Waals surface area (Å²) in [5, 5.41) is 6.76. The Morgan fingerprint density at radius 2 is 1.90 bits per heavy atom. The fourth-order valence-corrected chi connectivity index (χ4v) is 3.77. The van der Waals surface area contributed by atoms with Crippen LogP contribution in [0.25, 0.3) is 0 Å². The van der Waals surface area contributed by atoms with E-state index in [1.165, 1.54) is 37.7 Å². The monoisotopic (exact) mass is 525 g/mol. The van der Waals surface area contributed by atoms with E-state index in [9.17, 15) is 0 Å². The second-order valence-electron chi connectivity index (χ2n) is 7.62. The van der Waals surface area contributed by atoms with Gasteiger partial charge in [0.15, 0.2) is 5.96 Å². The lowest BCUT2D eigenvalue weighted by atomic mass is 9.98. The van der Waals surface area contributed by atoms with E-state index < -0.39 is 0 Å². The fourth-order valence-electron chi connectivity index (χ4n) is 3.77. The van der Waals surface area contributed by atoms with Gasteiger partial charge in [-0.05, 0) is 24.8 Å². The van der Waals surface area contributed by atoms with E-state index >= 15 is 0 Å². The molecular formula is C23H36IN5O. The number of ether oxygens (including phenoxy) is 1. The van der Waals surface area contributed by atoms with E-state index in [0.29, 0.717) is 6.10 Å². The molecular weight excluding hydrogens is 489 g/mol. The summed E-state index contributed by atoms with van der Waals surface area (Å²) in [4.78, 5) is 8.82. The summed E-state index contributed by atoms with van der Waals surface area (Å²) in [7, 11) is 1.81. The van der Waals surface area contributed by atoms with Crippen molar-refractivity contribution in [1.82, 2.24) is 20.2 Å². The maximum absolute atomic E-state index is 5.98. The first-order valence-corrected chi connectivity index (χ1v) is 10.9. The van der Waals surface area contributed by atoms with Gasteiger partial charge in [-0.3, -0.25) is 4.99 Å². The van der Waals surface area contributed by atoms with Crippen LogP contribution >= 0.6 is 24.0 Å². The zero-order valence-electron chi connectivity index (χ0n) is 18.1. The average molecular weight is 525 g/mol. The molecule has 2 aromatic rings. The van der Waals surface area contributed by atoms with Crippen molar-refractivity contribution >= 4 is 29.9 Å². The molecule has 1 heterocycles. The third-order valence-electron chi connectivity index (χ3n) is 5.38. The van der Waals surface area contributed by atoms with E-state index in [0.717, 1.165) is 50.9 Å². The van der Waals surface area contributed by atoms with Gasteiger partial charge in [0.1, 0.15) is 5.82 Å². The summed E-state index contributed by atoms with van der Waals surface area (Å²) in [5.74, 6) is 1.92. The number of benzene rings is 1. The van der Waals surface area contributed by atoms with Crippen molar-refractivity contribution in [3.8, 4) is 0 Å². The molecule has 0 spiro atoms. The normalized spacial score (nSPS) is 14.9. The molecule has 0 aliphatic heterocycles. The van der Waals surface area contributed by atoms with Crippen LogP contribution in [0.2, 0.25) is 0 Å². The van der Waals surface area contributed by atoms with Crippen molar-refractivity contribution in [3.05, 3.63) is 54.1 Å². The SMILES string of the molecule is CN=C(NCCCOC1CCCCC1)NCCc1nccn1Cc1ccccc1.I. The summed E-state index contributed by atoms with van der Waals surface area (Å²) in [6.45, 7) is 3.34. The van der Waals surface area contributed by atoms with Gasteiger partial charge >= 0.3 is 0 Å². The number of rotatable bonds is 10. The highest BCUT2D eigenvalue weighted by atomic mass is 127. The molecule has 30 heavy (non-hydrogen) atoms. The third kappa shape index (κ3) is 8.63. The van der Waals surface area contributed by atoms with Crippen LogP contribution in [0, 0.1) is 0 Å². The van der Waals surface area contributed by atoms with Gasteiger partial charge in [0.2, 0.25) is 0 Å². The summed E-state index contributed by atoms with van der Waals surface area (Å²) in [5.41, 5.74) is 1.28. The Kier molecular flexibility index (Phi) is 11.8. The Hall–Kier alpha value is -1.61. The van der Waals surface area contributed by atoms with Crippen LogP contribution in [-0.2, 0) is 17.7 Å². The number of nitrogens with zero attached hydrogens (tertiary/aromatic N) is 3. The van der Waals surface area contributed by atoms with Crippen LogP contribution in [0.15, 0.2) is 47.7 Å². The van der Waals surface area contributed by atoms with Gasteiger partial charge in [0, 0.05) is 52.1 Å². The summed E-state index contributed by atoms with van der Waals surface area (Å²) < 4.78 is 8.18. The molecule has 2 N–H and O–H groups in total. The van der Waals surface area contributed by atoms with Crippen LogP contribution in [0.4, 0.5) is 0 Å². The molecule has 6 nitrogen and oxygen atoms in total. The molecule has 1 aromatic heterocycles. The second kappa shape index (κ2) is 14.4. The van der Waals surface area contributed by atoms with E-state index in [2.05, 4.69) is 49.4 Å². The lowest BCUT2D eigenvalue weighted by molar-refractivity contribution is 0.0277. The number of guanidine groups is 1. The van der Waals surface area contributed by atoms with Crippen molar-refractivity contribution in [2.75, 3.05) is 26.7 Å². The van der Waals surface area contributed by atoms with Gasteiger partial charge in [-0.15, -0.1) is 24.0 Å². The van der Waals surface area contributed by atoms with E-state index in [4.69, 9.17) is 4.74 Å². The highest BCUT2D eigenvalue weighted by molar-refractivity contribution is 14.0. The predicted molar refractivity (Wildman–Crippen MR) is 134 cm³/mol. The minimum atomic E-state index is 0. The molecule has 0 unspecified atom stereocenters. The number of halogens is 1. The van der Waals surface area contributed by atoms with Crippen molar-refractivity contribution in [2.45, 2.75) is 57.6 Å². The molecule has 1 aromatic carbocycles. The maximum atomic E-state index is 5.98. The van der Waals surface area contributed by atoms with Gasteiger partial charge in [0.05, 0.1) is 6.10 Å². The Morgan fingerprint density at radius 3 is 2.67 bits per heavy atom. The predicted octanol–water partition coefficient (Wildman–Crippen LogP) is 4.00. The van der Waals surface area contributed by atoms with E-state index in [1.54, 1.807) is 0 Å². The Balaban J connectivity index is 0.00000320. The van der Waals surface area contributed by atoms with Crippen LogP contribution in [0.5, 0.6) is 0 Å². The van der Waals surface area contributed by atoms with Crippen LogP contribution < -0.4 is 10.6 Å². The Morgan fingerprint density at radius 1 is 1.13 bits per heavy atom. The average Bonchev–Trinajstić information content (AvgIpc) is 3.20. The smallest absolute Gasteiger partial charge is 0.190 e. The first-order chi connectivity index (χ1) is 14.3. The zero-order chi connectivity index (χ0) is 20.2.